The molecule has 2 aromatic carbocycles. The molecule has 1 heterocycles. The van der Waals surface area contributed by atoms with Crippen LogP contribution in [-0.2, 0) is 22.1 Å². The van der Waals surface area contributed by atoms with Crippen molar-refractivity contribution < 1.29 is 31.9 Å². The first-order valence-corrected chi connectivity index (χ1v) is 16.6. The molecule has 0 aliphatic carbocycles. The number of fused-ring (bicyclic) bond motifs is 1. The molecule has 8 heteroatoms. The Morgan fingerprint density at radius 2 is 1.49 bits per heavy atom. The number of benzene rings is 2. The van der Waals surface area contributed by atoms with Crippen LogP contribution in [0.4, 0.5) is 13.2 Å². The van der Waals surface area contributed by atoms with Gasteiger partial charge in [0.2, 0.25) is 0 Å². The standard InChI is InChI=1S/C39H53F3O5/c1-12-13-14-15-25-16-19-28(30(20-25)39(40,41)42)29-21-26-17-18-27(22-32(26)45-33(29)43)46-37(8,9)24-38(10,11)47-34(44)31(36(5,6)7)23-35(2,3)4/h16-22,31H,12-15,23-24H2,1-11H3. The highest BCUT2D eigenvalue weighted by Crippen LogP contribution is 2.40. The van der Waals surface area contributed by atoms with Gasteiger partial charge < -0.3 is 13.9 Å². The van der Waals surface area contributed by atoms with Gasteiger partial charge in [0.1, 0.15) is 22.5 Å². The summed E-state index contributed by atoms with van der Waals surface area (Å²) < 4.78 is 60.3. The number of aryl methyl sites for hydroxylation is 1. The molecular weight excluding hydrogens is 605 g/mol. The van der Waals surface area contributed by atoms with Crippen molar-refractivity contribution in [2.24, 2.45) is 16.7 Å². The number of hydrogen-bond donors (Lipinski definition) is 0. The number of unbranched alkanes of at least 4 members (excludes halogenated alkanes) is 2. The van der Waals surface area contributed by atoms with Gasteiger partial charge in [-0.2, -0.15) is 13.2 Å². The van der Waals surface area contributed by atoms with Crippen LogP contribution in [0.25, 0.3) is 22.1 Å². The average molecular weight is 659 g/mol. The maximum absolute atomic E-state index is 14.1. The van der Waals surface area contributed by atoms with Crippen LogP contribution >= 0.6 is 0 Å². The predicted molar refractivity (Wildman–Crippen MR) is 183 cm³/mol. The quantitative estimate of drug-likeness (QED) is 0.110. The second kappa shape index (κ2) is 14.1. The van der Waals surface area contributed by atoms with Gasteiger partial charge in [-0.25, -0.2) is 4.79 Å². The molecule has 0 aliphatic heterocycles. The van der Waals surface area contributed by atoms with Crippen molar-refractivity contribution in [2.45, 2.75) is 132 Å². The summed E-state index contributed by atoms with van der Waals surface area (Å²) in [5, 5.41) is 0.464. The highest BCUT2D eigenvalue weighted by Gasteiger charge is 2.40. The summed E-state index contributed by atoms with van der Waals surface area (Å²) in [5.41, 5.74) is -3.25. The van der Waals surface area contributed by atoms with Crippen molar-refractivity contribution in [3.63, 3.8) is 0 Å². The van der Waals surface area contributed by atoms with Crippen LogP contribution in [0.1, 0.15) is 119 Å². The van der Waals surface area contributed by atoms with Gasteiger partial charge >= 0.3 is 17.8 Å². The van der Waals surface area contributed by atoms with E-state index in [1.54, 1.807) is 24.3 Å². The molecule has 5 nitrogen and oxygen atoms in total. The van der Waals surface area contributed by atoms with Crippen LogP contribution in [0.2, 0.25) is 0 Å². The number of carbonyl (C=O) groups is 1. The Morgan fingerprint density at radius 1 is 0.830 bits per heavy atom. The van der Waals surface area contributed by atoms with Gasteiger partial charge in [0.05, 0.1) is 17.0 Å². The van der Waals surface area contributed by atoms with E-state index in [4.69, 9.17) is 13.9 Å². The van der Waals surface area contributed by atoms with E-state index >= 15 is 0 Å². The molecule has 1 aromatic heterocycles. The average Bonchev–Trinajstić information content (AvgIpc) is 2.88. The molecule has 1 atom stereocenters. The fraction of sp³-hybridized carbons (Fsp3) is 0.590. The molecule has 0 radical (unpaired) electrons. The van der Waals surface area contributed by atoms with Crippen LogP contribution in [0, 0.1) is 16.7 Å². The third-order valence-corrected chi connectivity index (χ3v) is 8.22. The molecule has 0 spiro atoms. The largest absolute Gasteiger partial charge is 0.488 e. The first-order valence-electron chi connectivity index (χ1n) is 16.6. The van der Waals surface area contributed by atoms with E-state index in [2.05, 4.69) is 20.8 Å². The SMILES string of the molecule is CCCCCc1ccc(-c2cc3ccc(OC(C)(C)CC(C)(C)OC(=O)C(CC(C)(C)C)C(C)(C)C)cc3oc2=O)c(C(F)(F)F)c1. The van der Waals surface area contributed by atoms with E-state index in [1.165, 1.54) is 12.1 Å². The van der Waals surface area contributed by atoms with Crippen LogP contribution < -0.4 is 10.4 Å². The monoisotopic (exact) mass is 658 g/mol. The van der Waals surface area contributed by atoms with Gasteiger partial charge in [-0.3, -0.25) is 4.79 Å². The molecule has 3 rings (SSSR count). The molecule has 0 bridgehead atoms. The highest BCUT2D eigenvalue weighted by atomic mass is 19.4. The van der Waals surface area contributed by atoms with Gasteiger partial charge in [-0.15, -0.1) is 0 Å². The van der Waals surface area contributed by atoms with E-state index in [9.17, 15) is 22.8 Å². The first-order chi connectivity index (χ1) is 21.4. The third-order valence-electron chi connectivity index (χ3n) is 8.22. The van der Waals surface area contributed by atoms with Crippen molar-refractivity contribution in [1.29, 1.82) is 0 Å². The predicted octanol–water partition coefficient (Wildman–Crippen LogP) is 11.2. The lowest BCUT2D eigenvalue weighted by Gasteiger charge is -2.39. The van der Waals surface area contributed by atoms with Crippen LogP contribution in [0.15, 0.2) is 51.7 Å². The van der Waals surface area contributed by atoms with Gasteiger partial charge in [-0.1, -0.05) is 73.4 Å². The van der Waals surface area contributed by atoms with E-state index in [0.717, 1.165) is 25.3 Å². The topological polar surface area (TPSA) is 65.7 Å². The summed E-state index contributed by atoms with van der Waals surface area (Å²) in [5.74, 6) is -0.111. The fourth-order valence-corrected chi connectivity index (χ4v) is 6.25. The summed E-state index contributed by atoms with van der Waals surface area (Å²) in [6.07, 6.45) is -0.341. The smallest absolute Gasteiger partial charge is 0.417 e. The Labute approximate surface area is 278 Å². The van der Waals surface area contributed by atoms with Gasteiger partial charge in [0.15, 0.2) is 0 Å². The molecule has 0 amide bonds. The lowest BCUT2D eigenvalue weighted by atomic mass is 9.72. The van der Waals surface area contributed by atoms with Crippen molar-refractivity contribution in [3.05, 3.63) is 64.0 Å². The zero-order chi connectivity index (χ0) is 35.6. The number of esters is 1. The molecule has 3 aromatic rings. The van der Waals surface area contributed by atoms with Crippen molar-refractivity contribution in [2.75, 3.05) is 0 Å². The second-order valence-electron chi connectivity index (χ2n) is 16.4. The second-order valence-corrected chi connectivity index (χ2v) is 16.4. The van der Waals surface area contributed by atoms with E-state index < -0.39 is 28.6 Å². The van der Waals surface area contributed by atoms with Gasteiger partial charge in [0, 0.05) is 23.4 Å². The maximum atomic E-state index is 14.1. The van der Waals surface area contributed by atoms with Crippen molar-refractivity contribution in [3.8, 4) is 16.9 Å². The van der Waals surface area contributed by atoms with Crippen LogP contribution in [0.3, 0.4) is 0 Å². The molecule has 0 saturated heterocycles. The Hall–Kier alpha value is -3.29. The summed E-state index contributed by atoms with van der Waals surface area (Å²) in [4.78, 5) is 26.5. The van der Waals surface area contributed by atoms with E-state index in [1.807, 2.05) is 55.4 Å². The third kappa shape index (κ3) is 10.9. The summed E-state index contributed by atoms with van der Waals surface area (Å²) >= 11 is 0. The van der Waals surface area contributed by atoms with E-state index in [0.29, 0.717) is 36.0 Å². The van der Waals surface area contributed by atoms with Crippen molar-refractivity contribution in [1.82, 2.24) is 0 Å². The molecule has 260 valence electrons. The molecule has 0 saturated carbocycles. The Bertz CT molecular complexity index is 1600. The van der Waals surface area contributed by atoms with Gasteiger partial charge in [-0.05, 0) is 87.6 Å². The summed E-state index contributed by atoms with van der Waals surface area (Å²) in [6.45, 7) is 22.0. The number of rotatable bonds is 12. The van der Waals surface area contributed by atoms with Gasteiger partial charge in [0.25, 0.3) is 0 Å². The lowest BCUT2D eigenvalue weighted by molar-refractivity contribution is -0.170. The Kier molecular flexibility index (Phi) is 11.4. The zero-order valence-corrected chi connectivity index (χ0v) is 30.0. The Balaban J connectivity index is 1.84. The minimum atomic E-state index is -4.64. The number of carbonyl (C=O) groups excluding carboxylic acids is 1. The molecule has 0 N–H and O–H groups in total. The highest BCUT2D eigenvalue weighted by molar-refractivity contribution is 5.83. The molecule has 0 fully saturated rings. The summed E-state index contributed by atoms with van der Waals surface area (Å²) in [6, 6.07) is 10.5. The summed E-state index contributed by atoms with van der Waals surface area (Å²) in [7, 11) is 0. The first kappa shape index (κ1) is 38.2. The molecule has 47 heavy (non-hydrogen) atoms. The minimum absolute atomic E-state index is 0.0471. The zero-order valence-electron chi connectivity index (χ0n) is 30.0. The van der Waals surface area contributed by atoms with Crippen LogP contribution in [0.5, 0.6) is 5.75 Å². The number of alkyl halides is 3. The Morgan fingerprint density at radius 3 is 2.06 bits per heavy atom. The fourth-order valence-electron chi connectivity index (χ4n) is 6.25. The maximum Gasteiger partial charge on any atom is 0.417 e. The minimum Gasteiger partial charge on any atom is -0.488 e. The molecule has 0 aliphatic rings. The molecule has 1 unspecified atom stereocenters. The number of hydrogen-bond acceptors (Lipinski definition) is 5. The number of halogens is 3. The molecular formula is C39H53F3O5. The lowest BCUT2D eigenvalue weighted by Crippen LogP contribution is -2.43. The van der Waals surface area contributed by atoms with Crippen LogP contribution in [-0.4, -0.2) is 17.2 Å². The normalized spacial score (nSPS) is 13.9. The van der Waals surface area contributed by atoms with Crippen molar-refractivity contribution >= 4 is 16.9 Å². The number of ether oxygens (including phenoxy) is 2. The van der Waals surface area contributed by atoms with E-state index in [-0.39, 0.29) is 39.4 Å².